The predicted molar refractivity (Wildman–Crippen MR) is 114 cm³/mol. The summed E-state index contributed by atoms with van der Waals surface area (Å²) in [6, 6.07) is 17.3. The molecule has 0 aliphatic carbocycles. The Morgan fingerprint density at radius 1 is 0.828 bits per heavy atom. The van der Waals surface area contributed by atoms with Crippen LogP contribution in [0.15, 0.2) is 54.6 Å². The van der Waals surface area contributed by atoms with Gasteiger partial charge in [0.1, 0.15) is 0 Å². The fourth-order valence-corrected chi connectivity index (χ4v) is 3.40. The van der Waals surface area contributed by atoms with Crippen LogP contribution in [0, 0.1) is 0 Å². The van der Waals surface area contributed by atoms with E-state index in [2.05, 4.69) is 51.6 Å². The van der Waals surface area contributed by atoms with E-state index < -0.39 is 0 Å². The first-order chi connectivity index (χ1) is 14.1. The van der Waals surface area contributed by atoms with Gasteiger partial charge in [-0.2, -0.15) is 0 Å². The van der Waals surface area contributed by atoms with Crippen LogP contribution >= 0.6 is 0 Å². The second-order valence-corrected chi connectivity index (χ2v) is 7.35. The van der Waals surface area contributed by atoms with Crippen molar-refractivity contribution in [3.63, 3.8) is 0 Å². The van der Waals surface area contributed by atoms with Crippen molar-refractivity contribution >= 4 is 11.8 Å². The van der Waals surface area contributed by atoms with E-state index in [0.717, 1.165) is 44.8 Å². The summed E-state index contributed by atoms with van der Waals surface area (Å²) in [7, 11) is 0. The molecule has 0 aromatic heterocycles. The van der Waals surface area contributed by atoms with E-state index in [0.29, 0.717) is 12.1 Å². The third-order valence-corrected chi connectivity index (χ3v) is 5.28. The number of hydrogen-bond donors (Lipinski definition) is 2. The monoisotopic (exact) mass is 394 g/mol. The van der Waals surface area contributed by atoms with E-state index in [-0.39, 0.29) is 18.4 Å². The summed E-state index contributed by atoms with van der Waals surface area (Å²) >= 11 is 0. The molecule has 0 unspecified atom stereocenters. The van der Waals surface area contributed by atoms with Gasteiger partial charge in [0, 0.05) is 44.8 Å². The number of carbonyl (C=O) groups is 2. The highest BCUT2D eigenvalue weighted by molar-refractivity contribution is 5.96. The van der Waals surface area contributed by atoms with Gasteiger partial charge in [0.05, 0.1) is 6.54 Å². The number of amides is 2. The molecule has 154 valence electrons. The lowest BCUT2D eigenvalue weighted by Crippen LogP contribution is -2.45. The molecule has 0 bridgehead atoms. The Morgan fingerprint density at radius 2 is 1.45 bits per heavy atom. The highest BCUT2D eigenvalue weighted by atomic mass is 16.2. The molecular formula is C23H30N4O2. The number of rotatable bonds is 8. The van der Waals surface area contributed by atoms with Gasteiger partial charge in [-0.25, -0.2) is 0 Å². The van der Waals surface area contributed by atoms with Crippen LogP contribution in [0.4, 0.5) is 0 Å². The summed E-state index contributed by atoms with van der Waals surface area (Å²) in [5.41, 5.74) is 2.89. The predicted octanol–water partition coefficient (Wildman–Crippen LogP) is 1.87. The fourth-order valence-electron chi connectivity index (χ4n) is 3.40. The van der Waals surface area contributed by atoms with Gasteiger partial charge in [-0.15, -0.1) is 0 Å². The zero-order valence-electron chi connectivity index (χ0n) is 17.1. The molecule has 29 heavy (non-hydrogen) atoms. The molecule has 6 nitrogen and oxygen atoms in total. The zero-order valence-corrected chi connectivity index (χ0v) is 17.1. The number of likely N-dealkylation sites (N-methyl/N-ethyl adjacent to an activating group) is 1. The fraction of sp³-hybridized carbons (Fsp3) is 0.391. The first kappa shape index (κ1) is 21.0. The van der Waals surface area contributed by atoms with Crippen molar-refractivity contribution < 1.29 is 9.59 Å². The van der Waals surface area contributed by atoms with Gasteiger partial charge in [-0.05, 0) is 29.8 Å². The maximum Gasteiger partial charge on any atom is 0.251 e. The van der Waals surface area contributed by atoms with Crippen LogP contribution < -0.4 is 10.6 Å². The summed E-state index contributed by atoms with van der Waals surface area (Å²) in [5, 5.41) is 5.49. The molecular weight excluding hydrogens is 364 g/mol. The average Bonchev–Trinajstić information content (AvgIpc) is 2.78. The Kier molecular flexibility index (Phi) is 7.78. The topological polar surface area (TPSA) is 64.7 Å². The van der Waals surface area contributed by atoms with Crippen molar-refractivity contribution in [1.82, 2.24) is 20.4 Å². The summed E-state index contributed by atoms with van der Waals surface area (Å²) in [5.74, 6) is -0.447. The van der Waals surface area contributed by atoms with Gasteiger partial charge >= 0.3 is 0 Å². The Bertz CT molecular complexity index is 784. The molecule has 2 N–H and O–H groups in total. The van der Waals surface area contributed by atoms with E-state index in [1.165, 1.54) is 5.56 Å². The molecule has 2 aromatic carbocycles. The Hall–Kier alpha value is -2.70. The van der Waals surface area contributed by atoms with Crippen LogP contribution in [0.3, 0.4) is 0 Å². The van der Waals surface area contributed by atoms with Gasteiger partial charge in [-0.3, -0.25) is 14.5 Å². The highest BCUT2D eigenvalue weighted by Gasteiger charge is 2.15. The number of benzene rings is 2. The van der Waals surface area contributed by atoms with Crippen LogP contribution in [0.25, 0.3) is 0 Å². The van der Waals surface area contributed by atoms with Gasteiger partial charge in [0.2, 0.25) is 5.91 Å². The molecule has 1 heterocycles. The van der Waals surface area contributed by atoms with Gasteiger partial charge in [0.15, 0.2) is 0 Å². The van der Waals surface area contributed by atoms with Crippen LogP contribution in [-0.2, 0) is 17.9 Å². The third kappa shape index (κ3) is 6.69. The van der Waals surface area contributed by atoms with Crippen LogP contribution in [0.2, 0.25) is 0 Å². The molecule has 0 saturated carbocycles. The SMILES string of the molecule is CCN1CCN(Cc2ccc(CNC(=O)CNC(=O)c3ccccc3)cc2)CC1. The van der Waals surface area contributed by atoms with Crippen molar-refractivity contribution in [1.29, 1.82) is 0 Å². The number of nitrogens with zero attached hydrogens (tertiary/aromatic N) is 2. The number of hydrogen-bond acceptors (Lipinski definition) is 4. The number of carbonyl (C=O) groups excluding carboxylic acids is 2. The van der Waals surface area contributed by atoms with Crippen LogP contribution in [0.1, 0.15) is 28.4 Å². The Labute approximate surface area is 172 Å². The molecule has 6 heteroatoms. The Morgan fingerprint density at radius 3 is 2.10 bits per heavy atom. The largest absolute Gasteiger partial charge is 0.350 e. The molecule has 3 rings (SSSR count). The summed E-state index contributed by atoms with van der Waals surface area (Å²) in [6.45, 7) is 9.24. The number of nitrogens with one attached hydrogen (secondary N) is 2. The van der Waals surface area contributed by atoms with Gasteiger partial charge < -0.3 is 15.5 Å². The van der Waals surface area contributed by atoms with Crippen molar-refractivity contribution in [2.24, 2.45) is 0 Å². The highest BCUT2D eigenvalue weighted by Crippen LogP contribution is 2.10. The van der Waals surface area contributed by atoms with Crippen LogP contribution in [0.5, 0.6) is 0 Å². The summed E-state index contributed by atoms with van der Waals surface area (Å²) < 4.78 is 0. The lowest BCUT2D eigenvalue weighted by Gasteiger charge is -2.34. The van der Waals surface area contributed by atoms with E-state index in [4.69, 9.17) is 0 Å². The lowest BCUT2D eigenvalue weighted by atomic mass is 10.1. The molecule has 0 radical (unpaired) electrons. The maximum atomic E-state index is 12.0. The van der Waals surface area contributed by atoms with Crippen molar-refractivity contribution in [3.05, 3.63) is 71.3 Å². The minimum absolute atomic E-state index is 0.0322. The van der Waals surface area contributed by atoms with Crippen LogP contribution in [-0.4, -0.2) is 60.9 Å². The summed E-state index contributed by atoms with van der Waals surface area (Å²) in [4.78, 5) is 28.9. The molecule has 2 amide bonds. The molecule has 0 spiro atoms. The van der Waals surface area contributed by atoms with Crippen molar-refractivity contribution in [2.75, 3.05) is 39.3 Å². The standard InChI is InChI=1S/C23H30N4O2/c1-2-26-12-14-27(15-13-26)18-20-10-8-19(9-11-20)16-24-22(28)17-25-23(29)21-6-4-3-5-7-21/h3-11H,2,12-18H2,1H3,(H,24,28)(H,25,29). The first-order valence-electron chi connectivity index (χ1n) is 10.3. The van der Waals surface area contributed by atoms with E-state index in [1.807, 2.05) is 6.07 Å². The first-order valence-corrected chi connectivity index (χ1v) is 10.3. The maximum absolute atomic E-state index is 12.0. The van der Waals surface area contributed by atoms with E-state index in [9.17, 15) is 9.59 Å². The summed E-state index contributed by atoms with van der Waals surface area (Å²) in [6.07, 6.45) is 0. The van der Waals surface area contributed by atoms with Crippen molar-refractivity contribution in [3.8, 4) is 0 Å². The molecule has 1 aliphatic heterocycles. The Balaban J connectivity index is 1.37. The van der Waals surface area contributed by atoms with E-state index in [1.54, 1.807) is 24.3 Å². The second kappa shape index (κ2) is 10.7. The van der Waals surface area contributed by atoms with Crippen molar-refractivity contribution in [2.45, 2.75) is 20.0 Å². The van der Waals surface area contributed by atoms with Gasteiger partial charge in [-0.1, -0.05) is 49.4 Å². The van der Waals surface area contributed by atoms with Gasteiger partial charge in [0.25, 0.3) is 5.91 Å². The molecule has 1 aliphatic rings. The molecule has 2 aromatic rings. The minimum Gasteiger partial charge on any atom is -0.350 e. The second-order valence-electron chi connectivity index (χ2n) is 7.35. The molecule has 1 saturated heterocycles. The zero-order chi connectivity index (χ0) is 20.5. The van der Waals surface area contributed by atoms with E-state index >= 15 is 0 Å². The third-order valence-electron chi connectivity index (χ3n) is 5.28. The lowest BCUT2D eigenvalue weighted by molar-refractivity contribution is -0.120. The number of piperazine rings is 1. The normalized spacial score (nSPS) is 15.1. The minimum atomic E-state index is -0.245. The molecule has 0 atom stereocenters. The quantitative estimate of drug-likeness (QED) is 0.718. The smallest absolute Gasteiger partial charge is 0.251 e. The average molecular weight is 395 g/mol. The molecule has 1 fully saturated rings.